The van der Waals surface area contributed by atoms with Crippen molar-refractivity contribution in [2.45, 2.75) is 20.8 Å². The van der Waals surface area contributed by atoms with Crippen molar-refractivity contribution in [2.75, 3.05) is 0 Å². The van der Waals surface area contributed by atoms with Crippen molar-refractivity contribution in [3.05, 3.63) is 0 Å². The highest BCUT2D eigenvalue weighted by atomic mass is 16.1. The first-order valence-electron chi connectivity index (χ1n) is 2.49. The Labute approximate surface area is 50.1 Å². The average Bonchev–Trinajstić information content (AvgIpc) is 1.62. The quantitative estimate of drug-likeness (QED) is 0.338. The smallest absolute Gasteiger partial charge is 0.210 e. The fourth-order valence-corrected chi connectivity index (χ4v) is 0.217. The molecule has 44 valence electrons. The summed E-state index contributed by atoms with van der Waals surface area (Å²) in [6, 6.07) is 0. The lowest BCUT2D eigenvalue weighted by atomic mass is 9.92. The van der Waals surface area contributed by atoms with Crippen molar-refractivity contribution in [1.82, 2.24) is 0 Å². The van der Waals surface area contributed by atoms with Crippen LogP contribution in [0.25, 0.3) is 0 Å². The molecule has 0 spiro atoms. The second-order valence-electron chi connectivity index (χ2n) is 2.72. The molecule has 0 saturated heterocycles. The molecule has 0 radical (unpaired) electrons. The number of hydrogen-bond acceptors (Lipinski definition) is 1. The topological polar surface area (TPSA) is 17.1 Å². The molecule has 0 amide bonds. The van der Waals surface area contributed by atoms with Crippen molar-refractivity contribution in [3.8, 4) is 12.3 Å². The maximum atomic E-state index is 10.6. The molecule has 0 N–H and O–H groups in total. The number of hydrogen-bond donors (Lipinski definition) is 0. The summed E-state index contributed by atoms with van der Waals surface area (Å²) in [6.45, 7) is 5.40. The third-order valence-corrected chi connectivity index (χ3v) is 0.812. The van der Waals surface area contributed by atoms with Crippen LogP contribution in [0.15, 0.2) is 0 Å². The van der Waals surface area contributed by atoms with Crippen molar-refractivity contribution in [3.63, 3.8) is 0 Å². The van der Waals surface area contributed by atoms with Gasteiger partial charge in [-0.25, -0.2) is 0 Å². The van der Waals surface area contributed by atoms with Crippen LogP contribution in [0, 0.1) is 17.8 Å². The van der Waals surface area contributed by atoms with Crippen molar-refractivity contribution in [1.29, 1.82) is 0 Å². The predicted octanol–water partition coefficient (Wildman–Crippen LogP) is 1.23. The second-order valence-corrected chi connectivity index (χ2v) is 2.72. The average molecular weight is 110 g/mol. The molecular weight excluding hydrogens is 100 g/mol. The van der Waals surface area contributed by atoms with Crippen molar-refractivity contribution in [2.24, 2.45) is 5.41 Å². The molecule has 0 aromatic carbocycles. The molecule has 0 bridgehead atoms. The van der Waals surface area contributed by atoms with Gasteiger partial charge in [0.2, 0.25) is 5.78 Å². The summed E-state index contributed by atoms with van der Waals surface area (Å²) >= 11 is 0. The van der Waals surface area contributed by atoms with Crippen LogP contribution in [-0.4, -0.2) is 5.78 Å². The molecule has 0 aliphatic rings. The Bertz CT molecular complexity index is 131. The van der Waals surface area contributed by atoms with Gasteiger partial charge in [-0.3, -0.25) is 4.79 Å². The summed E-state index contributed by atoms with van der Waals surface area (Å²) in [7, 11) is 0. The normalized spacial score (nSPS) is 10.2. The second kappa shape index (κ2) is 2.00. The molecule has 0 atom stereocenters. The molecule has 0 aromatic heterocycles. The summed E-state index contributed by atoms with van der Waals surface area (Å²) < 4.78 is 0. The van der Waals surface area contributed by atoms with Gasteiger partial charge in [0.1, 0.15) is 0 Å². The summed E-state index contributed by atoms with van der Waals surface area (Å²) in [4.78, 5) is 10.6. The van der Waals surface area contributed by atoms with Gasteiger partial charge in [0, 0.05) is 5.41 Å². The molecule has 0 aliphatic heterocycles. The Kier molecular flexibility index (Phi) is 1.81. The minimum atomic E-state index is -0.366. The van der Waals surface area contributed by atoms with Gasteiger partial charge in [-0.15, -0.1) is 6.42 Å². The largest absolute Gasteiger partial charge is 0.284 e. The molecular formula is C7H10O. The Morgan fingerprint density at radius 1 is 1.50 bits per heavy atom. The zero-order valence-corrected chi connectivity index (χ0v) is 5.49. The SMILES string of the molecule is C#CC(=O)C(C)(C)C. The van der Waals surface area contributed by atoms with Gasteiger partial charge in [-0.05, 0) is 5.92 Å². The molecule has 0 fully saturated rings. The van der Waals surface area contributed by atoms with Crippen LogP contribution in [0.1, 0.15) is 20.8 Å². The van der Waals surface area contributed by atoms with Gasteiger partial charge in [0.25, 0.3) is 0 Å². The first-order chi connectivity index (χ1) is 3.48. The molecule has 0 saturated carbocycles. The van der Waals surface area contributed by atoms with E-state index < -0.39 is 0 Å². The monoisotopic (exact) mass is 110 g/mol. The van der Waals surface area contributed by atoms with E-state index in [9.17, 15) is 4.79 Å². The van der Waals surface area contributed by atoms with E-state index in [1.165, 1.54) is 0 Å². The summed E-state index contributed by atoms with van der Waals surface area (Å²) in [5.41, 5.74) is -0.366. The highest BCUT2D eigenvalue weighted by Crippen LogP contribution is 2.12. The number of rotatable bonds is 0. The molecule has 0 heterocycles. The summed E-state index contributed by atoms with van der Waals surface area (Å²) in [5, 5.41) is 0. The number of terminal acetylenes is 1. The minimum Gasteiger partial charge on any atom is -0.284 e. The summed E-state index contributed by atoms with van der Waals surface area (Å²) in [6.07, 6.45) is 4.86. The zero-order valence-electron chi connectivity index (χ0n) is 5.49. The van der Waals surface area contributed by atoms with Crippen LogP contribution in [-0.2, 0) is 4.79 Å². The van der Waals surface area contributed by atoms with E-state index in [1.54, 1.807) is 20.8 Å². The number of ketones is 1. The fourth-order valence-electron chi connectivity index (χ4n) is 0.217. The first-order valence-corrected chi connectivity index (χ1v) is 2.49. The molecule has 0 rings (SSSR count). The maximum absolute atomic E-state index is 10.6. The van der Waals surface area contributed by atoms with Gasteiger partial charge in [-0.2, -0.15) is 0 Å². The van der Waals surface area contributed by atoms with E-state index in [2.05, 4.69) is 5.92 Å². The van der Waals surface area contributed by atoms with E-state index in [-0.39, 0.29) is 11.2 Å². The molecule has 0 aromatic rings. The van der Waals surface area contributed by atoms with E-state index in [1.807, 2.05) is 0 Å². The van der Waals surface area contributed by atoms with E-state index >= 15 is 0 Å². The van der Waals surface area contributed by atoms with Crippen LogP contribution in [0.5, 0.6) is 0 Å². The number of Topliss-reactive ketones (excluding diaryl/α,β-unsaturated/α-hetero) is 1. The van der Waals surface area contributed by atoms with Gasteiger partial charge >= 0.3 is 0 Å². The van der Waals surface area contributed by atoms with Gasteiger partial charge in [-0.1, -0.05) is 20.8 Å². The predicted molar refractivity (Wildman–Crippen MR) is 33.3 cm³/mol. The van der Waals surface area contributed by atoms with E-state index in [0.717, 1.165) is 0 Å². The third-order valence-electron chi connectivity index (χ3n) is 0.812. The third kappa shape index (κ3) is 1.79. The van der Waals surface area contributed by atoms with Crippen LogP contribution in [0.3, 0.4) is 0 Å². The van der Waals surface area contributed by atoms with Crippen molar-refractivity contribution >= 4 is 5.78 Å². The lowest BCUT2D eigenvalue weighted by Gasteiger charge is -2.10. The molecule has 1 nitrogen and oxygen atoms in total. The van der Waals surface area contributed by atoms with Crippen LogP contribution in [0.2, 0.25) is 0 Å². The molecule has 0 unspecified atom stereocenters. The van der Waals surface area contributed by atoms with Crippen molar-refractivity contribution < 1.29 is 4.79 Å². The van der Waals surface area contributed by atoms with Crippen LogP contribution < -0.4 is 0 Å². The number of carbonyl (C=O) groups is 1. The molecule has 0 aliphatic carbocycles. The van der Waals surface area contributed by atoms with E-state index in [4.69, 9.17) is 6.42 Å². The number of carbonyl (C=O) groups excluding carboxylic acids is 1. The Balaban J connectivity index is 4.09. The van der Waals surface area contributed by atoms with Gasteiger partial charge in [0.05, 0.1) is 0 Å². The first kappa shape index (κ1) is 7.23. The highest BCUT2D eigenvalue weighted by molar-refractivity contribution is 5.98. The zero-order chi connectivity index (χ0) is 6.78. The summed E-state index contributed by atoms with van der Waals surface area (Å²) in [5.74, 6) is 1.92. The lowest BCUT2D eigenvalue weighted by Crippen LogP contribution is -2.17. The van der Waals surface area contributed by atoms with Gasteiger partial charge < -0.3 is 0 Å². The maximum Gasteiger partial charge on any atom is 0.210 e. The lowest BCUT2D eigenvalue weighted by molar-refractivity contribution is -0.120. The Morgan fingerprint density at radius 2 is 1.88 bits per heavy atom. The molecule has 8 heavy (non-hydrogen) atoms. The Morgan fingerprint density at radius 3 is 1.88 bits per heavy atom. The van der Waals surface area contributed by atoms with Gasteiger partial charge in [0.15, 0.2) is 0 Å². The minimum absolute atomic E-state index is 0.141. The van der Waals surface area contributed by atoms with Crippen LogP contribution >= 0.6 is 0 Å². The Hall–Kier alpha value is -0.770. The van der Waals surface area contributed by atoms with E-state index in [0.29, 0.717) is 0 Å². The standard InChI is InChI=1S/C7H10O/c1-5-6(8)7(2,3)4/h1H,2-4H3. The highest BCUT2D eigenvalue weighted by Gasteiger charge is 2.17. The van der Waals surface area contributed by atoms with Crippen LogP contribution in [0.4, 0.5) is 0 Å². The fraction of sp³-hybridized carbons (Fsp3) is 0.571. The molecule has 1 heteroatoms.